The van der Waals surface area contributed by atoms with E-state index >= 15 is 0 Å². The van der Waals surface area contributed by atoms with Crippen LogP contribution >= 0.6 is 0 Å². The summed E-state index contributed by atoms with van der Waals surface area (Å²) in [6, 6.07) is 11.3. The Labute approximate surface area is 184 Å². The number of carbonyl (C=O) groups excluding carboxylic acids is 2. The number of nitrogens with one attached hydrogen (secondary N) is 1. The van der Waals surface area contributed by atoms with Gasteiger partial charge >= 0.3 is 5.97 Å². The number of para-hydroxylation sites is 1. The molecule has 8 nitrogen and oxygen atoms in total. The summed E-state index contributed by atoms with van der Waals surface area (Å²) in [5.74, 6) is -0.592. The molecule has 0 spiro atoms. The fourth-order valence-electron chi connectivity index (χ4n) is 3.75. The lowest BCUT2D eigenvalue weighted by Crippen LogP contribution is -2.43. The van der Waals surface area contributed by atoms with Crippen molar-refractivity contribution in [2.24, 2.45) is 5.10 Å². The Bertz CT molecular complexity index is 1030. The number of anilines is 1. The van der Waals surface area contributed by atoms with Gasteiger partial charge in [-0.3, -0.25) is 9.80 Å². The van der Waals surface area contributed by atoms with E-state index in [2.05, 4.69) is 10.4 Å². The largest absolute Gasteiger partial charge is 0.467 e. The van der Waals surface area contributed by atoms with Crippen molar-refractivity contribution in [3.63, 3.8) is 0 Å². The van der Waals surface area contributed by atoms with Gasteiger partial charge in [-0.25, -0.2) is 9.18 Å². The van der Waals surface area contributed by atoms with Crippen LogP contribution in [0.2, 0.25) is 0 Å². The smallest absolute Gasteiger partial charge is 0.354 e. The standard InChI is InChI=1S/C23H24FN3O5/c1-2-31-23(29)19-12-20(27(26-19)18-6-4-3-5-7-18)22(28)25-9-8-15-10-17(24)11-16-13-30-14-32-21(15)16/h3-7,10-11,20H,2,8-9,12-14H2,1H3,(H,25,28). The Morgan fingerprint density at radius 2 is 2.09 bits per heavy atom. The zero-order valence-electron chi connectivity index (χ0n) is 17.7. The third kappa shape index (κ3) is 4.72. The lowest BCUT2D eigenvalue weighted by atomic mass is 10.0. The van der Waals surface area contributed by atoms with Gasteiger partial charge < -0.3 is 19.5 Å². The summed E-state index contributed by atoms with van der Waals surface area (Å²) in [5, 5.41) is 8.76. The molecule has 1 amide bonds. The molecule has 2 aromatic carbocycles. The molecule has 0 bridgehead atoms. The van der Waals surface area contributed by atoms with E-state index in [1.807, 2.05) is 30.3 Å². The minimum Gasteiger partial charge on any atom is -0.467 e. The van der Waals surface area contributed by atoms with Gasteiger partial charge in [0.2, 0.25) is 5.91 Å². The number of benzene rings is 2. The summed E-state index contributed by atoms with van der Waals surface area (Å²) in [5.41, 5.74) is 2.21. The van der Waals surface area contributed by atoms with Gasteiger partial charge in [0.15, 0.2) is 6.79 Å². The predicted molar refractivity (Wildman–Crippen MR) is 115 cm³/mol. The van der Waals surface area contributed by atoms with Crippen LogP contribution in [-0.2, 0) is 32.1 Å². The molecule has 0 fully saturated rings. The molecule has 32 heavy (non-hydrogen) atoms. The number of amides is 1. The lowest BCUT2D eigenvalue weighted by molar-refractivity contribution is -0.135. The van der Waals surface area contributed by atoms with E-state index in [0.717, 1.165) is 0 Å². The Hall–Kier alpha value is -3.46. The van der Waals surface area contributed by atoms with Gasteiger partial charge in [0, 0.05) is 18.5 Å². The normalized spacial score (nSPS) is 17.2. The molecular formula is C23H24FN3O5. The van der Waals surface area contributed by atoms with Gasteiger partial charge in [0.1, 0.15) is 23.3 Å². The van der Waals surface area contributed by atoms with Gasteiger partial charge in [0.05, 0.1) is 18.9 Å². The van der Waals surface area contributed by atoms with Crippen LogP contribution in [0.3, 0.4) is 0 Å². The highest BCUT2D eigenvalue weighted by Gasteiger charge is 2.36. The fraction of sp³-hybridized carbons (Fsp3) is 0.348. The monoisotopic (exact) mass is 441 g/mol. The molecule has 0 aliphatic carbocycles. The fourth-order valence-corrected chi connectivity index (χ4v) is 3.75. The topological polar surface area (TPSA) is 89.5 Å². The second-order valence-corrected chi connectivity index (χ2v) is 7.37. The highest BCUT2D eigenvalue weighted by Crippen LogP contribution is 2.30. The summed E-state index contributed by atoms with van der Waals surface area (Å²) in [6.07, 6.45) is 0.519. The van der Waals surface area contributed by atoms with Crippen LogP contribution in [0.15, 0.2) is 47.6 Å². The molecule has 0 aromatic heterocycles. The average molecular weight is 441 g/mol. The Morgan fingerprint density at radius 3 is 2.88 bits per heavy atom. The molecule has 2 aliphatic rings. The molecule has 2 aliphatic heterocycles. The maximum absolute atomic E-state index is 13.9. The average Bonchev–Trinajstić information content (AvgIpc) is 3.25. The number of esters is 1. The molecule has 1 unspecified atom stereocenters. The number of hydrogen-bond donors (Lipinski definition) is 1. The third-order valence-electron chi connectivity index (χ3n) is 5.19. The first-order valence-corrected chi connectivity index (χ1v) is 10.4. The van der Waals surface area contributed by atoms with Crippen LogP contribution in [0.25, 0.3) is 0 Å². The van der Waals surface area contributed by atoms with E-state index in [9.17, 15) is 14.0 Å². The van der Waals surface area contributed by atoms with E-state index in [1.165, 1.54) is 17.1 Å². The molecule has 1 atom stereocenters. The van der Waals surface area contributed by atoms with Crippen LogP contribution in [0.1, 0.15) is 24.5 Å². The van der Waals surface area contributed by atoms with Crippen LogP contribution in [0.4, 0.5) is 10.1 Å². The van der Waals surface area contributed by atoms with Crippen molar-refractivity contribution in [1.82, 2.24) is 5.32 Å². The quantitative estimate of drug-likeness (QED) is 0.665. The van der Waals surface area contributed by atoms with Gasteiger partial charge in [-0.15, -0.1) is 0 Å². The second-order valence-electron chi connectivity index (χ2n) is 7.37. The van der Waals surface area contributed by atoms with Gasteiger partial charge in [-0.2, -0.15) is 5.10 Å². The van der Waals surface area contributed by atoms with E-state index in [1.54, 1.807) is 6.92 Å². The van der Waals surface area contributed by atoms with Crippen molar-refractivity contribution >= 4 is 23.3 Å². The number of rotatable bonds is 7. The highest BCUT2D eigenvalue weighted by atomic mass is 19.1. The Morgan fingerprint density at radius 1 is 1.28 bits per heavy atom. The molecule has 4 rings (SSSR count). The van der Waals surface area contributed by atoms with Crippen LogP contribution in [-0.4, -0.2) is 43.6 Å². The Kier molecular flexibility index (Phi) is 6.65. The molecule has 2 heterocycles. The molecule has 1 N–H and O–H groups in total. The van der Waals surface area contributed by atoms with Crippen LogP contribution < -0.4 is 15.1 Å². The first-order valence-electron chi connectivity index (χ1n) is 10.4. The summed E-state index contributed by atoms with van der Waals surface area (Å²) >= 11 is 0. The minimum atomic E-state index is -0.692. The number of halogens is 1. The molecule has 0 saturated carbocycles. The number of nitrogens with zero attached hydrogens (tertiary/aromatic N) is 2. The number of carbonyl (C=O) groups is 2. The van der Waals surface area contributed by atoms with Crippen molar-refractivity contribution in [2.45, 2.75) is 32.4 Å². The maximum atomic E-state index is 13.9. The summed E-state index contributed by atoms with van der Waals surface area (Å²) in [6.45, 7) is 2.61. The summed E-state index contributed by atoms with van der Waals surface area (Å²) in [4.78, 5) is 25.2. The third-order valence-corrected chi connectivity index (χ3v) is 5.19. The number of hydrogen-bond acceptors (Lipinski definition) is 7. The van der Waals surface area contributed by atoms with Crippen LogP contribution in [0.5, 0.6) is 5.75 Å². The molecular weight excluding hydrogens is 417 g/mol. The van der Waals surface area contributed by atoms with Gasteiger partial charge in [-0.05, 0) is 43.2 Å². The first-order chi connectivity index (χ1) is 15.6. The minimum absolute atomic E-state index is 0.111. The highest BCUT2D eigenvalue weighted by molar-refractivity contribution is 6.38. The van der Waals surface area contributed by atoms with Gasteiger partial charge in [-0.1, -0.05) is 18.2 Å². The van der Waals surface area contributed by atoms with E-state index in [-0.39, 0.29) is 50.4 Å². The number of fused-ring (bicyclic) bond motifs is 1. The molecule has 0 saturated heterocycles. The van der Waals surface area contributed by atoms with Crippen LogP contribution in [0, 0.1) is 5.82 Å². The molecule has 168 valence electrons. The van der Waals surface area contributed by atoms with Crippen molar-refractivity contribution in [3.05, 3.63) is 59.4 Å². The second kappa shape index (κ2) is 9.78. The predicted octanol–water partition coefficient (Wildman–Crippen LogP) is 2.55. The summed E-state index contributed by atoms with van der Waals surface area (Å²) in [7, 11) is 0. The van der Waals surface area contributed by atoms with Crippen molar-refractivity contribution in [1.29, 1.82) is 0 Å². The molecule has 0 radical (unpaired) electrons. The van der Waals surface area contributed by atoms with Gasteiger partial charge in [0.25, 0.3) is 0 Å². The van der Waals surface area contributed by atoms with E-state index in [4.69, 9.17) is 14.2 Å². The zero-order valence-corrected chi connectivity index (χ0v) is 17.7. The maximum Gasteiger partial charge on any atom is 0.354 e. The zero-order chi connectivity index (χ0) is 22.5. The molecule has 9 heteroatoms. The van der Waals surface area contributed by atoms with Crippen molar-refractivity contribution in [3.8, 4) is 5.75 Å². The summed E-state index contributed by atoms with van der Waals surface area (Å²) < 4.78 is 29.7. The van der Waals surface area contributed by atoms with E-state index in [0.29, 0.717) is 29.0 Å². The Balaban J connectivity index is 1.44. The van der Waals surface area contributed by atoms with E-state index < -0.39 is 12.0 Å². The lowest BCUT2D eigenvalue weighted by Gasteiger charge is -2.23. The first kappa shape index (κ1) is 21.8. The molecule has 2 aromatic rings. The SMILES string of the molecule is CCOC(=O)C1=NN(c2ccccc2)C(C(=O)NCCc2cc(F)cc3c2OCOC3)C1. The number of ether oxygens (including phenoxy) is 3. The van der Waals surface area contributed by atoms with Crippen molar-refractivity contribution < 1.29 is 28.2 Å². The van der Waals surface area contributed by atoms with Crippen molar-refractivity contribution in [2.75, 3.05) is 25.0 Å². The number of hydrazone groups is 1.